The number of nitrogens with two attached hydrogens (primary N) is 1. The summed E-state index contributed by atoms with van der Waals surface area (Å²) in [4.78, 5) is 4.22. The van der Waals surface area contributed by atoms with Crippen LogP contribution in [0.25, 0.3) is 0 Å². The van der Waals surface area contributed by atoms with Gasteiger partial charge in [-0.1, -0.05) is 29.8 Å². The fraction of sp³-hybridized carbons (Fsp3) is 0.182. The Balaban J connectivity index is 2.15. The Morgan fingerprint density at radius 1 is 1.29 bits per heavy atom. The first-order chi connectivity index (χ1) is 6.74. The van der Waals surface area contributed by atoms with Gasteiger partial charge in [0, 0.05) is 11.8 Å². The van der Waals surface area contributed by atoms with Crippen LogP contribution in [0.5, 0.6) is 0 Å². The van der Waals surface area contributed by atoms with Crippen LogP contribution < -0.4 is 5.73 Å². The summed E-state index contributed by atoms with van der Waals surface area (Å²) in [5.41, 5.74) is 8.12. The van der Waals surface area contributed by atoms with Crippen molar-refractivity contribution in [1.29, 1.82) is 0 Å². The molecule has 2 aromatic rings. The molecule has 72 valence electrons. The molecule has 0 atom stereocenters. The first-order valence-corrected chi connectivity index (χ1v) is 5.37. The zero-order valence-electron chi connectivity index (χ0n) is 8.03. The van der Waals surface area contributed by atoms with Gasteiger partial charge in [-0.2, -0.15) is 0 Å². The highest BCUT2D eigenvalue weighted by Crippen LogP contribution is 2.15. The fourth-order valence-corrected chi connectivity index (χ4v) is 2.00. The van der Waals surface area contributed by atoms with Crippen molar-refractivity contribution < 1.29 is 0 Å². The largest absolute Gasteiger partial charge is 0.383 e. The zero-order valence-corrected chi connectivity index (χ0v) is 8.84. The van der Waals surface area contributed by atoms with E-state index in [4.69, 9.17) is 5.73 Å². The number of rotatable bonds is 2. The van der Waals surface area contributed by atoms with Crippen molar-refractivity contribution in [2.75, 3.05) is 5.73 Å². The van der Waals surface area contributed by atoms with Gasteiger partial charge in [0.05, 0.1) is 5.01 Å². The average Bonchev–Trinajstić information content (AvgIpc) is 2.56. The lowest BCUT2D eigenvalue weighted by atomic mass is 10.1. The van der Waals surface area contributed by atoms with E-state index in [0.29, 0.717) is 5.82 Å². The number of anilines is 1. The van der Waals surface area contributed by atoms with E-state index >= 15 is 0 Å². The minimum Gasteiger partial charge on any atom is -0.383 e. The van der Waals surface area contributed by atoms with Gasteiger partial charge in [-0.25, -0.2) is 4.98 Å². The Hall–Kier alpha value is -1.35. The molecule has 3 heteroatoms. The minimum absolute atomic E-state index is 0.622. The van der Waals surface area contributed by atoms with Crippen LogP contribution in [0.4, 0.5) is 5.82 Å². The quantitative estimate of drug-likeness (QED) is 0.816. The lowest BCUT2D eigenvalue weighted by Gasteiger charge is -1.98. The number of benzene rings is 1. The topological polar surface area (TPSA) is 38.9 Å². The molecule has 0 aliphatic carbocycles. The van der Waals surface area contributed by atoms with Gasteiger partial charge in [0.25, 0.3) is 0 Å². The number of hydrogen-bond donors (Lipinski definition) is 1. The van der Waals surface area contributed by atoms with Gasteiger partial charge in [0.2, 0.25) is 0 Å². The molecule has 1 heterocycles. The molecule has 2 nitrogen and oxygen atoms in total. The van der Waals surface area contributed by atoms with Gasteiger partial charge in [-0.05, 0) is 12.5 Å². The maximum atomic E-state index is 5.56. The van der Waals surface area contributed by atoms with Crippen LogP contribution in [0.2, 0.25) is 0 Å². The maximum Gasteiger partial charge on any atom is 0.134 e. The van der Waals surface area contributed by atoms with E-state index in [2.05, 4.69) is 36.2 Å². The van der Waals surface area contributed by atoms with Gasteiger partial charge < -0.3 is 5.73 Å². The van der Waals surface area contributed by atoms with Crippen molar-refractivity contribution in [3.8, 4) is 0 Å². The third-order valence-electron chi connectivity index (χ3n) is 2.05. The van der Waals surface area contributed by atoms with Gasteiger partial charge in [-0.15, -0.1) is 11.3 Å². The second-order valence-electron chi connectivity index (χ2n) is 3.33. The Morgan fingerprint density at radius 3 is 2.57 bits per heavy atom. The van der Waals surface area contributed by atoms with Gasteiger partial charge in [0.1, 0.15) is 5.82 Å². The van der Waals surface area contributed by atoms with E-state index in [1.165, 1.54) is 11.1 Å². The molecule has 2 N–H and O–H groups in total. The van der Waals surface area contributed by atoms with Crippen LogP contribution in [-0.2, 0) is 6.42 Å². The van der Waals surface area contributed by atoms with Crippen LogP contribution >= 0.6 is 11.3 Å². The molecule has 2 rings (SSSR count). The summed E-state index contributed by atoms with van der Waals surface area (Å²) < 4.78 is 0. The second kappa shape index (κ2) is 3.80. The smallest absolute Gasteiger partial charge is 0.134 e. The normalized spacial score (nSPS) is 10.4. The molecule has 0 aliphatic rings. The molecule has 1 aromatic heterocycles. The fourth-order valence-electron chi connectivity index (χ4n) is 1.29. The van der Waals surface area contributed by atoms with E-state index in [1.807, 2.05) is 5.38 Å². The monoisotopic (exact) mass is 204 g/mol. The predicted molar refractivity (Wildman–Crippen MR) is 60.5 cm³/mol. The Morgan fingerprint density at radius 2 is 2.00 bits per heavy atom. The van der Waals surface area contributed by atoms with Gasteiger partial charge in [0.15, 0.2) is 0 Å². The number of nitrogens with zero attached hydrogens (tertiary/aromatic N) is 1. The summed E-state index contributed by atoms with van der Waals surface area (Å²) in [6.45, 7) is 2.09. The van der Waals surface area contributed by atoms with Crippen LogP contribution in [0, 0.1) is 6.92 Å². The minimum atomic E-state index is 0.622. The summed E-state index contributed by atoms with van der Waals surface area (Å²) in [7, 11) is 0. The SMILES string of the molecule is Cc1ccc(Cc2nc(N)cs2)cc1. The third kappa shape index (κ3) is 2.12. The molecule has 14 heavy (non-hydrogen) atoms. The van der Waals surface area contributed by atoms with E-state index < -0.39 is 0 Å². The Labute approximate surface area is 87.4 Å². The highest BCUT2D eigenvalue weighted by Gasteiger charge is 2.00. The summed E-state index contributed by atoms with van der Waals surface area (Å²) >= 11 is 1.61. The molecule has 0 aliphatic heterocycles. The molecule has 0 radical (unpaired) electrons. The first kappa shape index (κ1) is 9.21. The second-order valence-corrected chi connectivity index (χ2v) is 4.27. The van der Waals surface area contributed by atoms with Crippen molar-refractivity contribution in [2.24, 2.45) is 0 Å². The third-order valence-corrected chi connectivity index (χ3v) is 2.91. The van der Waals surface area contributed by atoms with Crippen molar-refractivity contribution >= 4 is 17.2 Å². The van der Waals surface area contributed by atoms with E-state index in [-0.39, 0.29) is 0 Å². The van der Waals surface area contributed by atoms with Crippen LogP contribution in [0.3, 0.4) is 0 Å². The Bertz CT molecular complexity index is 417. The highest BCUT2D eigenvalue weighted by molar-refractivity contribution is 7.10. The van der Waals surface area contributed by atoms with E-state index in [0.717, 1.165) is 11.4 Å². The standard InChI is InChI=1S/C11H12N2S/c1-8-2-4-9(5-3-8)6-11-13-10(12)7-14-11/h2-5,7H,6,12H2,1H3. The molecule has 0 unspecified atom stereocenters. The number of aromatic nitrogens is 1. The van der Waals surface area contributed by atoms with E-state index in [1.54, 1.807) is 11.3 Å². The first-order valence-electron chi connectivity index (χ1n) is 4.49. The van der Waals surface area contributed by atoms with Crippen LogP contribution in [0.1, 0.15) is 16.1 Å². The highest BCUT2D eigenvalue weighted by atomic mass is 32.1. The lowest BCUT2D eigenvalue weighted by molar-refractivity contribution is 1.14. The molecular weight excluding hydrogens is 192 g/mol. The molecule has 0 saturated heterocycles. The van der Waals surface area contributed by atoms with Gasteiger partial charge in [-0.3, -0.25) is 0 Å². The van der Waals surface area contributed by atoms with Gasteiger partial charge >= 0.3 is 0 Å². The van der Waals surface area contributed by atoms with Crippen molar-refractivity contribution in [2.45, 2.75) is 13.3 Å². The summed E-state index contributed by atoms with van der Waals surface area (Å²) in [6.07, 6.45) is 0.877. The summed E-state index contributed by atoms with van der Waals surface area (Å²) in [5.74, 6) is 0.622. The molecule has 0 amide bonds. The number of aryl methyl sites for hydroxylation is 1. The average molecular weight is 204 g/mol. The predicted octanol–water partition coefficient (Wildman–Crippen LogP) is 2.62. The molecule has 0 spiro atoms. The lowest BCUT2D eigenvalue weighted by Crippen LogP contribution is -1.89. The maximum absolute atomic E-state index is 5.56. The van der Waals surface area contributed by atoms with Crippen molar-refractivity contribution in [3.63, 3.8) is 0 Å². The molecule has 0 saturated carbocycles. The van der Waals surface area contributed by atoms with E-state index in [9.17, 15) is 0 Å². The number of thiazole rings is 1. The molecule has 1 aromatic carbocycles. The number of nitrogen functional groups attached to an aromatic ring is 1. The molecular formula is C11H12N2S. The van der Waals surface area contributed by atoms with Crippen molar-refractivity contribution in [3.05, 3.63) is 45.8 Å². The summed E-state index contributed by atoms with van der Waals surface area (Å²) in [5, 5.41) is 2.95. The van der Waals surface area contributed by atoms with Crippen LogP contribution in [-0.4, -0.2) is 4.98 Å². The van der Waals surface area contributed by atoms with Crippen LogP contribution in [0.15, 0.2) is 29.6 Å². The summed E-state index contributed by atoms with van der Waals surface area (Å²) in [6, 6.07) is 8.50. The number of hydrogen-bond acceptors (Lipinski definition) is 3. The van der Waals surface area contributed by atoms with Crippen molar-refractivity contribution in [1.82, 2.24) is 4.98 Å². The zero-order chi connectivity index (χ0) is 9.97. The molecule has 0 fully saturated rings. The Kier molecular flexibility index (Phi) is 2.50. The molecule has 0 bridgehead atoms.